The third-order valence-corrected chi connectivity index (χ3v) is 4.82. The van der Waals surface area contributed by atoms with Gasteiger partial charge in [-0.1, -0.05) is 41.2 Å². The van der Waals surface area contributed by atoms with Crippen LogP contribution >= 0.6 is 11.3 Å². The van der Waals surface area contributed by atoms with Crippen LogP contribution in [0, 0.1) is 13.8 Å². The average molecular weight is 353 g/mol. The minimum atomic E-state index is -0.193. The van der Waals surface area contributed by atoms with Crippen LogP contribution in [-0.4, -0.2) is 17.9 Å². The van der Waals surface area contributed by atoms with Gasteiger partial charge in [-0.25, -0.2) is 4.98 Å². The van der Waals surface area contributed by atoms with E-state index in [0.717, 1.165) is 11.3 Å². The van der Waals surface area contributed by atoms with Crippen LogP contribution in [0.25, 0.3) is 0 Å². The van der Waals surface area contributed by atoms with E-state index in [0.29, 0.717) is 21.3 Å². The first-order valence-corrected chi connectivity index (χ1v) is 8.59. The Bertz CT molecular complexity index is 934. The number of para-hydroxylation sites is 1. The monoisotopic (exact) mass is 353 g/mol. The molecular weight excluding hydrogens is 334 g/mol. The van der Waals surface area contributed by atoms with Crippen LogP contribution in [-0.2, 0) is 0 Å². The number of thiazole rings is 1. The minimum absolute atomic E-state index is 0.193. The third kappa shape index (κ3) is 3.49. The number of aromatic nitrogens is 1. The number of carbonyl (C=O) groups excluding carboxylic acids is 1. The number of methoxy groups -OCH3 is 1. The Kier molecular flexibility index (Phi) is 4.72. The predicted octanol–water partition coefficient (Wildman–Crippen LogP) is 4.33. The molecule has 0 amide bonds. The number of hydrogen-bond donors (Lipinski definition) is 2. The van der Waals surface area contributed by atoms with E-state index < -0.39 is 0 Å². The second kappa shape index (κ2) is 6.94. The maximum absolute atomic E-state index is 12.8. The number of nitrogen functional groups attached to an aromatic ring is 1. The Morgan fingerprint density at radius 1 is 1.20 bits per heavy atom. The molecule has 0 bridgehead atoms. The molecule has 3 N–H and O–H groups in total. The van der Waals surface area contributed by atoms with Crippen molar-refractivity contribution in [3.05, 3.63) is 64.0 Å². The lowest BCUT2D eigenvalue weighted by Crippen LogP contribution is -2.04. The number of benzene rings is 2. The lowest BCUT2D eigenvalue weighted by atomic mass is 10.1. The standard InChI is InChI=1S/C19H19N3O2S/c1-11-8-9-14(12(2)10-11)21-19-22-18(20)17(25-19)16(23)13-6-4-5-7-15(13)24-3/h4-10H,20H2,1-3H3,(H,21,22). The summed E-state index contributed by atoms with van der Waals surface area (Å²) in [5.41, 5.74) is 9.69. The van der Waals surface area contributed by atoms with Crippen LogP contribution in [0.15, 0.2) is 42.5 Å². The Morgan fingerprint density at radius 2 is 1.96 bits per heavy atom. The van der Waals surface area contributed by atoms with Crippen LogP contribution < -0.4 is 15.8 Å². The molecule has 0 unspecified atom stereocenters. The van der Waals surface area contributed by atoms with Gasteiger partial charge < -0.3 is 15.8 Å². The lowest BCUT2D eigenvalue weighted by molar-refractivity contribution is 0.104. The zero-order chi connectivity index (χ0) is 18.0. The summed E-state index contributed by atoms with van der Waals surface area (Å²) in [7, 11) is 1.54. The number of carbonyl (C=O) groups is 1. The maximum atomic E-state index is 12.8. The van der Waals surface area contributed by atoms with Gasteiger partial charge in [0, 0.05) is 5.69 Å². The molecule has 1 aromatic heterocycles. The summed E-state index contributed by atoms with van der Waals surface area (Å²) >= 11 is 1.24. The second-order valence-electron chi connectivity index (χ2n) is 5.71. The molecule has 0 fully saturated rings. The first kappa shape index (κ1) is 17.0. The maximum Gasteiger partial charge on any atom is 0.210 e. The van der Waals surface area contributed by atoms with Crippen molar-refractivity contribution < 1.29 is 9.53 Å². The molecule has 25 heavy (non-hydrogen) atoms. The van der Waals surface area contributed by atoms with Crippen LogP contribution in [0.1, 0.15) is 26.4 Å². The number of rotatable bonds is 5. The summed E-state index contributed by atoms with van der Waals surface area (Å²) in [6, 6.07) is 13.2. The SMILES string of the molecule is COc1ccccc1C(=O)c1sc(Nc2ccc(C)cc2C)nc1N. The Labute approximate surface area is 150 Å². The minimum Gasteiger partial charge on any atom is -0.496 e. The molecule has 0 saturated carbocycles. The van der Waals surface area contributed by atoms with Crippen molar-refractivity contribution in [1.29, 1.82) is 0 Å². The van der Waals surface area contributed by atoms with Crippen molar-refractivity contribution in [2.45, 2.75) is 13.8 Å². The van der Waals surface area contributed by atoms with Crippen molar-refractivity contribution in [2.24, 2.45) is 0 Å². The molecule has 0 saturated heterocycles. The number of hydrogen-bond acceptors (Lipinski definition) is 6. The Balaban J connectivity index is 1.91. The van der Waals surface area contributed by atoms with Crippen molar-refractivity contribution in [1.82, 2.24) is 4.98 Å². The number of nitrogens with two attached hydrogens (primary N) is 1. The molecular formula is C19H19N3O2S. The van der Waals surface area contributed by atoms with Gasteiger partial charge in [-0.15, -0.1) is 0 Å². The summed E-state index contributed by atoms with van der Waals surface area (Å²) in [5.74, 6) is 0.540. The topological polar surface area (TPSA) is 77.2 Å². The van der Waals surface area contributed by atoms with E-state index in [2.05, 4.69) is 16.4 Å². The highest BCUT2D eigenvalue weighted by Crippen LogP contribution is 2.32. The van der Waals surface area contributed by atoms with E-state index >= 15 is 0 Å². The molecule has 0 aliphatic carbocycles. The summed E-state index contributed by atoms with van der Waals surface area (Å²) in [6.07, 6.45) is 0. The molecule has 0 aliphatic heterocycles. The molecule has 5 nitrogen and oxygen atoms in total. The van der Waals surface area contributed by atoms with Crippen molar-refractivity contribution in [3.63, 3.8) is 0 Å². The number of anilines is 3. The number of nitrogens with zero attached hydrogens (tertiary/aromatic N) is 1. The highest BCUT2D eigenvalue weighted by atomic mass is 32.1. The van der Waals surface area contributed by atoms with Crippen molar-refractivity contribution >= 4 is 33.8 Å². The van der Waals surface area contributed by atoms with Gasteiger partial charge >= 0.3 is 0 Å². The van der Waals surface area contributed by atoms with E-state index in [9.17, 15) is 4.79 Å². The van der Waals surface area contributed by atoms with Gasteiger partial charge in [0.1, 0.15) is 16.4 Å². The third-order valence-electron chi connectivity index (χ3n) is 3.83. The predicted molar refractivity (Wildman–Crippen MR) is 102 cm³/mol. The molecule has 128 valence electrons. The van der Waals surface area contributed by atoms with Gasteiger partial charge in [0.15, 0.2) is 5.13 Å². The first-order valence-electron chi connectivity index (χ1n) is 7.78. The fourth-order valence-electron chi connectivity index (χ4n) is 2.57. The Morgan fingerprint density at radius 3 is 2.68 bits per heavy atom. The first-order chi connectivity index (χ1) is 12.0. The molecule has 0 spiro atoms. The van der Waals surface area contributed by atoms with Gasteiger partial charge in [0.2, 0.25) is 5.78 Å². The summed E-state index contributed by atoms with van der Waals surface area (Å²) < 4.78 is 5.26. The molecule has 1 heterocycles. The van der Waals surface area contributed by atoms with E-state index in [1.54, 1.807) is 18.2 Å². The van der Waals surface area contributed by atoms with Crippen molar-refractivity contribution in [3.8, 4) is 5.75 Å². The van der Waals surface area contributed by atoms with Gasteiger partial charge in [-0.2, -0.15) is 0 Å². The highest BCUT2D eigenvalue weighted by molar-refractivity contribution is 7.18. The second-order valence-corrected chi connectivity index (χ2v) is 6.71. The molecule has 0 atom stereocenters. The van der Waals surface area contributed by atoms with E-state index in [-0.39, 0.29) is 11.6 Å². The highest BCUT2D eigenvalue weighted by Gasteiger charge is 2.21. The fraction of sp³-hybridized carbons (Fsp3) is 0.158. The summed E-state index contributed by atoms with van der Waals surface area (Å²) in [5, 5.41) is 3.83. The smallest absolute Gasteiger partial charge is 0.210 e. The van der Waals surface area contributed by atoms with E-state index in [1.165, 1.54) is 24.0 Å². The normalized spacial score (nSPS) is 10.5. The number of ketones is 1. The van der Waals surface area contributed by atoms with Crippen molar-refractivity contribution in [2.75, 3.05) is 18.2 Å². The molecule has 6 heteroatoms. The quantitative estimate of drug-likeness (QED) is 0.668. The number of aryl methyl sites for hydroxylation is 2. The number of ether oxygens (including phenoxy) is 1. The van der Waals surface area contributed by atoms with Gasteiger partial charge in [0.05, 0.1) is 12.7 Å². The summed E-state index contributed by atoms with van der Waals surface area (Å²) in [6.45, 7) is 4.06. The zero-order valence-electron chi connectivity index (χ0n) is 14.3. The number of nitrogens with one attached hydrogen (secondary N) is 1. The lowest BCUT2D eigenvalue weighted by Gasteiger charge is -2.07. The molecule has 2 aromatic carbocycles. The zero-order valence-corrected chi connectivity index (χ0v) is 15.1. The molecule has 0 radical (unpaired) electrons. The van der Waals surface area contributed by atoms with Gasteiger partial charge in [0.25, 0.3) is 0 Å². The molecule has 3 aromatic rings. The fourth-order valence-corrected chi connectivity index (χ4v) is 3.42. The Hall–Kier alpha value is -2.86. The van der Waals surface area contributed by atoms with Crippen LogP contribution in [0.3, 0.4) is 0 Å². The van der Waals surface area contributed by atoms with E-state index in [1.807, 2.05) is 32.0 Å². The van der Waals surface area contributed by atoms with E-state index in [4.69, 9.17) is 10.5 Å². The van der Waals surface area contributed by atoms with Crippen LogP contribution in [0.4, 0.5) is 16.6 Å². The van der Waals surface area contributed by atoms with Crippen LogP contribution in [0.5, 0.6) is 5.75 Å². The van der Waals surface area contributed by atoms with Gasteiger partial charge in [-0.05, 0) is 37.6 Å². The molecule has 3 rings (SSSR count). The molecule has 0 aliphatic rings. The van der Waals surface area contributed by atoms with Gasteiger partial charge in [-0.3, -0.25) is 4.79 Å². The largest absolute Gasteiger partial charge is 0.496 e. The average Bonchev–Trinajstić information content (AvgIpc) is 2.97. The summed E-state index contributed by atoms with van der Waals surface area (Å²) in [4.78, 5) is 17.5. The van der Waals surface area contributed by atoms with Crippen LogP contribution in [0.2, 0.25) is 0 Å².